The van der Waals surface area contributed by atoms with Crippen molar-refractivity contribution in [1.29, 1.82) is 0 Å². The number of carbonyl (C=O) groups excluding carboxylic acids is 1. The van der Waals surface area contributed by atoms with Gasteiger partial charge in [0.25, 0.3) is 0 Å². The van der Waals surface area contributed by atoms with Crippen LogP contribution in [0.25, 0.3) is 10.4 Å². The molecule has 1 unspecified atom stereocenters. The zero-order chi connectivity index (χ0) is 16.4. The molecular formula is C13H15N3O4S2. The lowest BCUT2D eigenvalue weighted by Crippen LogP contribution is -2.26. The number of rotatable bonds is 9. The zero-order valence-corrected chi connectivity index (χ0v) is 13.5. The van der Waals surface area contributed by atoms with Gasteiger partial charge in [-0.25, -0.2) is 0 Å². The fourth-order valence-corrected chi connectivity index (χ4v) is 3.56. The number of carboxylic acids is 1. The summed E-state index contributed by atoms with van der Waals surface area (Å²) >= 11 is 0. The van der Waals surface area contributed by atoms with E-state index >= 15 is 0 Å². The first kappa shape index (κ1) is 18.2. The van der Waals surface area contributed by atoms with E-state index in [-0.39, 0.29) is 13.0 Å². The van der Waals surface area contributed by atoms with Crippen molar-refractivity contribution in [3.8, 4) is 0 Å². The lowest BCUT2D eigenvalue weighted by molar-refractivity contribution is -0.158. The molecule has 1 aromatic carbocycles. The molecule has 0 bridgehead atoms. The van der Waals surface area contributed by atoms with Gasteiger partial charge >= 0.3 is 11.9 Å². The summed E-state index contributed by atoms with van der Waals surface area (Å²) in [5, 5.41) is 12.5. The lowest BCUT2D eigenvalue weighted by atomic mass is 10.1. The molecule has 0 fully saturated rings. The molecule has 0 saturated carbocycles. The van der Waals surface area contributed by atoms with E-state index in [0.29, 0.717) is 11.4 Å². The summed E-state index contributed by atoms with van der Waals surface area (Å²) < 4.78 is 4.74. The Morgan fingerprint density at radius 1 is 1.41 bits per heavy atom. The highest BCUT2D eigenvalue weighted by molar-refractivity contribution is 8.76. The average molecular weight is 341 g/mol. The van der Waals surface area contributed by atoms with Gasteiger partial charge in [-0.05, 0) is 31.0 Å². The summed E-state index contributed by atoms with van der Waals surface area (Å²) in [6.45, 7) is 1.81. The molecule has 1 aromatic rings. The largest absolute Gasteiger partial charge is 0.481 e. The van der Waals surface area contributed by atoms with E-state index in [0.717, 1.165) is 4.90 Å². The molecule has 0 heterocycles. The van der Waals surface area contributed by atoms with Crippen LogP contribution < -0.4 is 0 Å². The molecule has 0 spiro atoms. The summed E-state index contributed by atoms with van der Waals surface area (Å²) in [4.78, 5) is 26.2. The molecule has 0 aliphatic carbocycles. The normalized spacial score (nSPS) is 11.3. The van der Waals surface area contributed by atoms with Crippen molar-refractivity contribution in [2.45, 2.75) is 18.2 Å². The first-order chi connectivity index (χ1) is 10.6. The van der Waals surface area contributed by atoms with E-state index in [9.17, 15) is 9.59 Å². The molecule has 1 atom stereocenters. The van der Waals surface area contributed by atoms with Crippen LogP contribution in [0.15, 0.2) is 34.3 Å². The molecule has 0 saturated heterocycles. The highest BCUT2D eigenvalue weighted by Gasteiger charge is 2.27. The van der Waals surface area contributed by atoms with Crippen LogP contribution >= 0.6 is 21.6 Å². The third kappa shape index (κ3) is 6.30. The average Bonchev–Trinajstić information content (AvgIpc) is 2.49. The third-order valence-electron chi connectivity index (χ3n) is 2.51. The van der Waals surface area contributed by atoms with Gasteiger partial charge in [0.05, 0.1) is 6.61 Å². The maximum atomic E-state index is 11.5. The molecule has 1 rings (SSSR count). The van der Waals surface area contributed by atoms with Crippen molar-refractivity contribution in [3.05, 3.63) is 34.7 Å². The Morgan fingerprint density at radius 3 is 2.64 bits per heavy atom. The third-order valence-corrected chi connectivity index (χ3v) is 4.93. The Hall–Kier alpha value is -1.83. The number of carboxylic acid groups (broad SMARTS) is 1. The number of aliphatic carboxylic acids is 1. The molecule has 1 N–H and O–H groups in total. The number of esters is 1. The molecule has 0 amide bonds. The Kier molecular flexibility index (Phi) is 8.27. The van der Waals surface area contributed by atoms with Gasteiger partial charge in [-0.15, -0.1) is 0 Å². The van der Waals surface area contributed by atoms with Crippen molar-refractivity contribution < 1.29 is 19.4 Å². The Bertz CT molecular complexity index is 559. The molecule has 9 heteroatoms. The monoisotopic (exact) mass is 341 g/mol. The number of azide groups is 1. The first-order valence-corrected chi connectivity index (χ1v) is 8.74. The molecular weight excluding hydrogens is 326 g/mol. The molecule has 0 aromatic heterocycles. The maximum Gasteiger partial charge on any atom is 0.320 e. The van der Waals surface area contributed by atoms with Crippen LogP contribution in [0.5, 0.6) is 0 Å². The minimum Gasteiger partial charge on any atom is -0.481 e. The predicted molar refractivity (Wildman–Crippen MR) is 85.9 cm³/mol. The fourth-order valence-electron chi connectivity index (χ4n) is 1.48. The zero-order valence-electron chi connectivity index (χ0n) is 11.8. The van der Waals surface area contributed by atoms with Gasteiger partial charge < -0.3 is 9.84 Å². The van der Waals surface area contributed by atoms with Gasteiger partial charge in [0.2, 0.25) is 0 Å². The number of hydrogen-bond donors (Lipinski definition) is 1. The number of carbonyl (C=O) groups is 2. The summed E-state index contributed by atoms with van der Waals surface area (Å²) in [6, 6.07) is 7.01. The second-order valence-corrected chi connectivity index (χ2v) is 6.51. The van der Waals surface area contributed by atoms with Crippen LogP contribution in [-0.4, -0.2) is 29.4 Å². The van der Waals surface area contributed by atoms with Gasteiger partial charge in [-0.3, -0.25) is 9.59 Å². The topological polar surface area (TPSA) is 112 Å². The van der Waals surface area contributed by atoms with Crippen LogP contribution in [0.1, 0.15) is 13.3 Å². The molecule has 0 radical (unpaired) electrons. The van der Waals surface area contributed by atoms with E-state index in [1.54, 1.807) is 19.1 Å². The van der Waals surface area contributed by atoms with Crippen molar-refractivity contribution in [3.63, 3.8) is 0 Å². The van der Waals surface area contributed by atoms with E-state index in [1.807, 2.05) is 12.1 Å². The lowest BCUT2D eigenvalue weighted by Gasteiger charge is -2.10. The molecule has 7 nitrogen and oxygen atoms in total. The summed E-state index contributed by atoms with van der Waals surface area (Å²) in [5.74, 6) is -2.49. The van der Waals surface area contributed by atoms with E-state index in [4.69, 9.17) is 15.4 Å². The first-order valence-electron chi connectivity index (χ1n) is 6.42. The van der Waals surface area contributed by atoms with Gasteiger partial charge in [-0.1, -0.05) is 38.8 Å². The van der Waals surface area contributed by atoms with Gasteiger partial charge in [0.15, 0.2) is 5.92 Å². The highest BCUT2D eigenvalue weighted by Crippen LogP contribution is 2.33. The molecule has 0 aliphatic rings. The van der Waals surface area contributed by atoms with Crippen LogP contribution in [0.2, 0.25) is 0 Å². The second kappa shape index (κ2) is 9.99. The minimum atomic E-state index is -1.16. The summed E-state index contributed by atoms with van der Waals surface area (Å²) in [6.07, 6.45) is 0.211. The fraction of sp³-hybridized carbons (Fsp3) is 0.385. The van der Waals surface area contributed by atoms with Gasteiger partial charge in [-0.2, -0.15) is 0 Å². The Balaban J connectivity index is 2.41. The number of benzene rings is 1. The highest BCUT2D eigenvalue weighted by atomic mass is 33.1. The van der Waals surface area contributed by atoms with E-state index in [2.05, 4.69) is 10.0 Å². The maximum absolute atomic E-state index is 11.5. The summed E-state index contributed by atoms with van der Waals surface area (Å²) in [7, 11) is 2.91. The van der Waals surface area contributed by atoms with Crippen LogP contribution in [0.4, 0.5) is 5.69 Å². The quantitative estimate of drug-likeness (QED) is 0.138. The van der Waals surface area contributed by atoms with E-state index in [1.165, 1.54) is 21.6 Å². The predicted octanol–water partition coefficient (Wildman–Crippen LogP) is 4.02. The summed E-state index contributed by atoms with van der Waals surface area (Å²) in [5.41, 5.74) is 8.84. The number of nitrogens with zero attached hydrogens (tertiary/aromatic N) is 3. The van der Waals surface area contributed by atoms with Crippen molar-refractivity contribution in [2.24, 2.45) is 11.0 Å². The number of ether oxygens (including phenoxy) is 1. The van der Waals surface area contributed by atoms with Crippen LogP contribution in [0.3, 0.4) is 0 Å². The standard InChI is InChI=1S/C13H15N3O4S2/c1-2-20-13(19)11(12(17)18)7-8-21-22-10-5-3-9(4-6-10)15-16-14/h3-6,11H,2,7-8H2,1H3,(H,17,18). The smallest absolute Gasteiger partial charge is 0.320 e. The van der Waals surface area contributed by atoms with E-state index < -0.39 is 17.9 Å². The Labute approximate surface area is 135 Å². The van der Waals surface area contributed by atoms with Crippen LogP contribution in [0, 0.1) is 5.92 Å². The van der Waals surface area contributed by atoms with Crippen molar-refractivity contribution in [1.82, 2.24) is 0 Å². The van der Waals surface area contributed by atoms with Crippen LogP contribution in [-0.2, 0) is 14.3 Å². The molecule has 118 valence electrons. The van der Waals surface area contributed by atoms with Gasteiger partial charge in [0, 0.05) is 21.2 Å². The number of hydrogen-bond acceptors (Lipinski definition) is 6. The van der Waals surface area contributed by atoms with Crippen molar-refractivity contribution >= 4 is 39.2 Å². The minimum absolute atomic E-state index is 0.169. The SMILES string of the molecule is CCOC(=O)C(CCSSc1ccc(N=[N+]=[N-])cc1)C(=O)O. The molecule has 22 heavy (non-hydrogen) atoms. The second-order valence-electron chi connectivity index (χ2n) is 4.02. The Morgan fingerprint density at radius 2 is 2.09 bits per heavy atom. The van der Waals surface area contributed by atoms with Gasteiger partial charge in [0.1, 0.15) is 0 Å². The molecule has 0 aliphatic heterocycles. The van der Waals surface area contributed by atoms with Crippen molar-refractivity contribution in [2.75, 3.05) is 12.4 Å².